The zero-order valence-electron chi connectivity index (χ0n) is 14.1. The number of oxazole rings is 1. The molecule has 7 heteroatoms. The molecule has 1 aromatic carbocycles. The van der Waals surface area contributed by atoms with E-state index in [9.17, 15) is 0 Å². The number of halogens is 2. The molecule has 2 aromatic rings. The van der Waals surface area contributed by atoms with Crippen molar-refractivity contribution < 1.29 is 4.42 Å². The molecule has 0 spiro atoms. The third kappa shape index (κ3) is 5.73. The van der Waals surface area contributed by atoms with Crippen molar-refractivity contribution in [2.24, 2.45) is 4.99 Å². The molecule has 0 fully saturated rings. The predicted octanol–water partition coefficient (Wildman–Crippen LogP) is 3.90. The molecule has 1 aromatic heterocycles. The largest absolute Gasteiger partial charge is 0.444 e. The Balaban J connectivity index is 1.91. The van der Waals surface area contributed by atoms with Crippen molar-refractivity contribution in [2.75, 3.05) is 13.1 Å². The summed E-state index contributed by atoms with van der Waals surface area (Å²) >= 11 is 12.0. The van der Waals surface area contributed by atoms with Crippen LogP contribution in [0.4, 0.5) is 0 Å². The Morgan fingerprint density at radius 3 is 2.46 bits per heavy atom. The topological polar surface area (TPSA) is 62.5 Å². The Hall–Kier alpha value is -1.72. The van der Waals surface area contributed by atoms with E-state index in [2.05, 4.69) is 20.6 Å². The van der Waals surface area contributed by atoms with Gasteiger partial charge in [-0.25, -0.2) is 9.98 Å². The Morgan fingerprint density at radius 1 is 1.17 bits per heavy atom. The molecule has 0 bridgehead atoms. The monoisotopic (exact) mass is 368 g/mol. The van der Waals surface area contributed by atoms with E-state index in [0.717, 1.165) is 35.9 Å². The predicted molar refractivity (Wildman–Crippen MR) is 99.0 cm³/mol. The Bertz CT molecular complexity index is 673. The van der Waals surface area contributed by atoms with Crippen molar-refractivity contribution >= 4 is 29.2 Å². The summed E-state index contributed by atoms with van der Waals surface area (Å²) < 4.78 is 5.54. The number of aromatic nitrogens is 1. The maximum Gasteiger partial charge on any atom is 0.216 e. The maximum atomic E-state index is 6.02. The van der Waals surface area contributed by atoms with Gasteiger partial charge in [0, 0.05) is 23.1 Å². The van der Waals surface area contributed by atoms with Crippen LogP contribution in [0, 0.1) is 13.8 Å². The van der Waals surface area contributed by atoms with Gasteiger partial charge in [0.25, 0.3) is 0 Å². The van der Waals surface area contributed by atoms with Gasteiger partial charge in [-0.1, -0.05) is 23.2 Å². The van der Waals surface area contributed by atoms with Crippen molar-refractivity contribution in [2.45, 2.75) is 33.7 Å². The first-order valence-corrected chi connectivity index (χ1v) is 8.63. The molecule has 2 N–H and O–H groups in total. The smallest absolute Gasteiger partial charge is 0.216 e. The third-order valence-corrected chi connectivity index (χ3v) is 3.85. The number of hydrogen-bond donors (Lipinski definition) is 2. The number of nitrogens with zero attached hydrogens (tertiary/aromatic N) is 2. The first kappa shape index (κ1) is 18.6. The van der Waals surface area contributed by atoms with Gasteiger partial charge in [-0.05, 0) is 51.0 Å². The number of nitrogens with one attached hydrogen (secondary N) is 2. The molecule has 2 rings (SSSR count). The highest BCUT2D eigenvalue weighted by Crippen LogP contribution is 2.19. The minimum absolute atomic E-state index is 0.396. The van der Waals surface area contributed by atoms with E-state index >= 15 is 0 Å². The van der Waals surface area contributed by atoms with Gasteiger partial charge in [-0.2, -0.15) is 0 Å². The zero-order valence-corrected chi connectivity index (χ0v) is 15.6. The molecule has 0 saturated carbocycles. The number of aryl methyl sites for hydroxylation is 2. The molecule has 0 aliphatic heterocycles. The summed E-state index contributed by atoms with van der Waals surface area (Å²) in [7, 11) is 0. The van der Waals surface area contributed by atoms with Gasteiger partial charge < -0.3 is 15.1 Å². The fourth-order valence-electron chi connectivity index (χ4n) is 2.18. The van der Waals surface area contributed by atoms with Crippen LogP contribution in [0.5, 0.6) is 0 Å². The Labute approximate surface area is 152 Å². The average Bonchev–Trinajstić information content (AvgIpc) is 2.82. The number of guanidine groups is 1. The van der Waals surface area contributed by atoms with Crippen molar-refractivity contribution in [3.8, 4) is 0 Å². The highest BCUT2D eigenvalue weighted by Gasteiger charge is 2.05. The molecule has 24 heavy (non-hydrogen) atoms. The zero-order chi connectivity index (χ0) is 17.5. The van der Waals surface area contributed by atoms with E-state index < -0.39 is 0 Å². The summed E-state index contributed by atoms with van der Waals surface area (Å²) in [6.45, 7) is 7.73. The van der Waals surface area contributed by atoms with Gasteiger partial charge in [0.05, 0.1) is 5.69 Å². The second-order valence-electron chi connectivity index (χ2n) is 5.40. The molecular weight excluding hydrogens is 347 g/mol. The second-order valence-corrected chi connectivity index (χ2v) is 6.27. The van der Waals surface area contributed by atoms with Gasteiger partial charge >= 0.3 is 0 Å². The highest BCUT2D eigenvalue weighted by atomic mass is 35.5. The molecule has 0 aliphatic rings. The summed E-state index contributed by atoms with van der Waals surface area (Å²) in [5.41, 5.74) is 1.98. The summed E-state index contributed by atoms with van der Waals surface area (Å²) in [6, 6.07) is 5.56. The van der Waals surface area contributed by atoms with Crippen molar-refractivity contribution in [1.82, 2.24) is 15.6 Å². The van der Waals surface area contributed by atoms with Crippen LogP contribution < -0.4 is 10.6 Å². The molecule has 0 aliphatic carbocycles. The number of hydrogen-bond acceptors (Lipinski definition) is 3. The Morgan fingerprint density at radius 2 is 1.88 bits per heavy atom. The lowest BCUT2D eigenvalue weighted by Gasteiger charge is -2.11. The molecule has 0 radical (unpaired) electrons. The van der Waals surface area contributed by atoms with Crippen molar-refractivity contribution in [1.29, 1.82) is 0 Å². The summed E-state index contributed by atoms with van der Waals surface area (Å²) in [5.74, 6) is 2.17. The quantitative estimate of drug-likeness (QED) is 0.599. The average molecular weight is 369 g/mol. The van der Waals surface area contributed by atoms with Gasteiger partial charge in [0.2, 0.25) is 5.89 Å². The molecule has 0 saturated heterocycles. The lowest BCUT2D eigenvalue weighted by Crippen LogP contribution is -2.38. The minimum atomic E-state index is 0.396. The highest BCUT2D eigenvalue weighted by molar-refractivity contribution is 6.34. The first-order valence-electron chi connectivity index (χ1n) is 7.88. The van der Waals surface area contributed by atoms with Crippen LogP contribution in [0.2, 0.25) is 10.0 Å². The summed E-state index contributed by atoms with van der Waals surface area (Å²) in [4.78, 5) is 8.82. The third-order valence-electron chi connectivity index (χ3n) is 3.42. The van der Waals surface area contributed by atoms with E-state index in [1.54, 1.807) is 6.07 Å². The first-order chi connectivity index (χ1) is 11.5. The van der Waals surface area contributed by atoms with Gasteiger partial charge in [-0.3, -0.25) is 0 Å². The lowest BCUT2D eigenvalue weighted by atomic mass is 10.1. The molecule has 5 nitrogen and oxygen atoms in total. The van der Waals surface area contributed by atoms with Crippen LogP contribution >= 0.6 is 23.2 Å². The molecular formula is C17H22Cl2N4O. The molecule has 0 unspecified atom stereocenters. The fraction of sp³-hybridized carbons (Fsp3) is 0.412. The number of rotatable bonds is 6. The summed E-state index contributed by atoms with van der Waals surface area (Å²) in [6.07, 6.45) is 0.794. The van der Waals surface area contributed by atoms with Crippen LogP contribution in [-0.4, -0.2) is 24.0 Å². The fourth-order valence-corrected chi connectivity index (χ4v) is 2.75. The van der Waals surface area contributed by atoms with Crippen LogP contribution in [0.15, 0.2) is 27.6 Å². The lowest BCUT2D eigenvalue weighted by molar-refractivity contribution is 0.473. The van der Waals surface area contributed by atoms with Crippen LogP contribution in [0.1, 0.15) is 29.8 Å². The second kappa shape index (κ2) is 8.94. The molecule has 0 amide bonds. The van der Waals surface area contributed by atoms with Gasteiger partial charge in [-0.15, -0.1) is 0 Å². The Kier molecular flexibility index (Phi) is 6.94. The van der Waals surface area contributed by atoms with Crippen LogP contribution in [0.25, 0.3) is 0 Å². The normalized spacial score (nSPS) is 11.6. The van der Waals surface area contributed by atoms with E-state index in [1.807, 2.05) is 32.9 Å². The maximum absolute atomic E-state index is 6.02. The van der Waals surface area contributed by atoms with Crippen molar-refractivity contribution in [3.63, 3.8) is 0 Å². The van der Waals surface area contributed by atoms with E-state index in [4.69, 9.17) is 27.6 Å². The standard InChI is InChI=1S/C17H22Cl2N4O/c1-4-20-17(22-10-16-23-11(2)12(3)24-16)21-6-5-13-7-14(18)9-15(19)8-13/h7-9H,4-6,10H2,1-3H3,(H2,20,21,22). The molecule has 1 heterocycles. The summed E-state index contributed by atoms with van der Waals surface area (Å²) in [5, 5.41) is 7.78. The molecule has 0 atom stereocenters. The minimum Gasteiger partial charge on any atom is -0.444 e. The SMILES string of the molecule is CCNC(=NCc1nc(C)c(C)o1)NCCc1cc(Cl)cc(Cl)c1. The van der Waals surface area contributed by atoms with E-state index in [-0.39, 0.29) is 0 Å². The molecule has 130 valence electrons. The van der Waals surface area contributed by atoms with Crippen molar-refractivity contribution in [3.05, 3.63) is 51.2 Å². The van der Waals surface area contributed by atoms with E-state index in [0.29, 0.717) is 29.0 Å². The van der Waals surface area contributed by atoms with Crippen LogP contribution in [-0.2, 0) is 13.0 Å². The van der Waals surface area contributed by atoms with Crippen LogP contribution in [0.3, 0.4) is 0 Å². The van der Waals surface area contributed by atoms with Gasteiger partial charge in [0.15, 0.2) is 5.96 Å². The number of benzene rings is 1. The van der Waals surface area contributed by atoms with Gasteiger partial charge in [0.1, 0.15) is 12.3 Å². The van der Waals surface area contributed by atoms with E-state index in [1.165, 1.54) is 0 Å². The number of aliphatic imine (C=N–C) groups is 1.